The van der Waals surface area contributed by atoms with Crippen molar-refractivity contribution < 1.29 is 15.0 Å². The van der Waals surface area contributed by atoms with Crippen LogP contribution in [0, 0.1) is 11.8 Å². The number of benzene rings is 1. The van der Waals surface area contributed by atoms with Gasteiger partial charge in [0.25, 0.3) is 0 Å². The maximum absolute atomic E-state index is 10.8. The zero-order valence-electron chi connectivity index (χ0n) is 12.3. The van der Waals surface area contributed by atoms with Gasteiger partial charge < -0.3 is 21.7 Å². The molecule has 2 rings (SSSR count). The van der Waals surface area contributed by atoms with E-state index in [2.05, 4.69) is 0 Å². The van der Waals surface area contributed by atoms with Crippen molar-refractivity contribution in [2.24, 2.45) is 23.3 Å². The van der Waals surface area contributed by atoms with Crippen molar-refractivity contribution in [1.29, 1.82) is 0 Å². The molecule has 0 spiro atoms. The first-order valence-corrected chi connectivity index (χ1v) is 7.43. The Bertz CT molecular complexity index is 411. The number of carbonyl (C=O) groups is 1. The summed E-state index contributed by atoms with van der Waals surface area (Å²) in [6.45, 7) is 0.387. The Hall–Kier alpha value is -1.43. The molecule has 5 nitrogen and oxygen atoms in total. The summed E-state index contributed by atoms with van der Waals surface area (Å²) in [7, 11) is 0. The van der Waals surface area contributed by atoms with Crippen molar-refractivity contribution in [3.8, 4) is 0 Å². The third-order valence-electron chi connectivity index (χ3n) is 3.92. The second-order valence-corrected chi connectivity index (χ2v) is 5.40. The third-order valence-corrected chi connectivity index (χ3v) is 3.92. The fourth-order valence-electron chi connectivity index (χ4n) is 2.61. The average Bonchev–Trinajstić information content (AvgIpc) is 2.55. The van der Waals surface area contributed by atoms with E-state index in [9.17, 15) is 9.90 Å². The van der Waals surface area contributed by atoms with Crippen molar-refractivity contribution >= 4 is 5.91 Å². The highest BCUT2D eigenvalue weighted by molar-refractivity contribution is 5.77. The predicted molar refractivity (Wildman–Crippen MR) is 82.2 cm³/mol. The Morgan fingerprint density at radius 1 is 1.24 bits per heavy atom. The van der Waals surface area contributed by atoms with Gasteiger partial charge in [-0.3, -0.25) is 4.79 Å². The third kappa shape index (κ3) is 5.83. The van der Waals surface area contributed by atoms with E-state index >= 15 is 0 Å². The molecule has 118 valence electrons. The normalized spacial score (nSPS) is 22.8. The van der Waals surface area contributed by atoms with Crippen LogP contribution in [0.3, 0.4) is 0 Å². The van der Waals surface area contributed by atoms with E-state index in [-0.39, 0.29) is 30.9 Å². The number of hydrogen-bond donors (Lipinski definition) is 4. The zero-order chi connectivity index (χ0) is 15.7. The first kappa shape index (κ1) is 17.6. The second kappa shape index (κ2) is 9.50. The van der Waals surface area contributed by atoms with Crippen LogP contribution < -0.4 is 11.5 Å². The molecule has 0 aromatic heterocycles. The molecule has 1 aromatic rings. The van der Waals surface area contributed by atoms with Crippen molar-refractivity contribution in [1.82, 2.24) is 0 Å². The SMILES string of the molecule is NC(=O)[C@@H]1CCCC[C@@H]1CO.NCC(O)c1ccccc1. The Morgan fingerprint density at radius 3 is 2.33 bits per heavy atom. The maximum atomic E-state index is 10.8. The highest BCUT2D eigenvalue weighted by Crippen LogP contribution is 2.29. The summed E-state index contributed by atoms with van der Waals surface area (Å²) >= 11 is 0. The lowest BCUT2D eigenvalue weighted by atomic mass is 9.79. The molecule has 1 aliphatic carbocycles. The van der Waals surface area contributed by atoms with Crippen LogP contribution >= 0.6 is 0 Å². The van der Waals surface area contributed by atoms with Crippen LogP contribution in [0.1, 0.15) is 37.4 Å². The Morgan fingerprint density at radius 2 is 1.86 bits per heavy atom. The molecule has 21 heavy (non-hydrogen) atoms. The van der Waals surface area contributed by atoms with Crippen molar-refractivity contribution in [3.63, 3.8) is 0 Å². The number of amides is 1. The molecule has 1 unspecified atom stereocenters. The van der Waals surface area contributed by atoms with Crippen molar-refractivity contribution in [2.45, 2.75) is 31.8 Å². The molecule has 0 saturated heterocycles. The topological polar surface area (TPSA) is 110 Å². The van der Waals surface area contributed by atoms with Gasteiger partial charge in [-0.1, -0.05) is 43.2 Å². The van der Waals surface area contributed by atoms with Gasteiger partial charge in [-0.05, 0) is 24.3 Å². The summed E-state index contributed by atoms with van der Waals surface area (Å²) in [5.74, 6) is -0.196. The number of aliphatic hydroxyl groups is 2. The van der Waals surface area contributed by atoms with E-state index < -0.39 is 6.10 Å². The Balaban J connectivity index is 0.000000211. The molecule has 5 heteroatoms. The molecule has 6 N–H and O–H groups in total. The van der Waals surface area contributed by atoms with Gasteiger partial charge in [0.05, 0.1) is 6.10 Å². The number of primary amides is 1. The molecular weight excluding hydrogens is 268 g/mol. The summed E-state index contributed by atoms with van der Waals surface area (Å²) in [6.07, 6.45) is 3.49. The molecule has 1 aliphatic rings. The minimum Gasteiger partial charge on any atom is -0.396 e. The fraction of sp³-hybridized carbons (Fsp3) is 0.562. The summed E-state index contributed by atoms with van der Waals surface area (Å²) in [6, 6.07) is 9.39. The van der Waals surface area contributed by atoms with E-state index in [1.807, 2.05) is 30.3 Å². The molecule has 1 fully saturated rings. The van der Waals surface area contributed by atoms with Crippen molar-refractivity contribution in [2.75, 3.05) is 13.2 Å². The van der Waals surface area contributed by atoms with Crippen molar-refractivity contribution in [3.05, 3.63) is 35.9 Å². The molecule has 3 atom stereocenters. The van der Waals surface area contributed by atoms with Gasteiger partial charge in [-0.25, -0.2) is 0 Å². The molecule has 0 heterocycles. The molecule has 0 radical (unpaired) electrons. The molecule has 0 aliphatic heterocycles. The smallest absolute Gasteiger partial charge is 0.220 e. The standard InChI is InChI=1S/C8H15NO2.C8H11NO/c9-8(11)7-4-2-1-3-6(7)5-10;9-6-8(10)7-4-2-1-3-5-7/h6-7,10H,1-5H2,(H2,9,11);1-5,8,10H,6,9H2/t6-,7-;/m1./s1. The Labute approximate surface area is 126 Å². The average molecular weight is 294 g/mol. The first-order valence-electron chi connectivity index (χ1n) is 7.43. The van der Waals surface area contributed by atoms with Crippen LogP contribution in [-0.4, -0.2) is 29.3 Å². The van der Waals surface area contributed by atoms with Crippen LogP contribution in [0.4, 0.5) is 0 Å². The summed E-state index contributed by atoms with van der Waals surface area (Å²) < 4.78 is 0. The molecular formula is C16H26N2O3. The van der Waals surface area contributed by atoms with E-state index in [0.717, 1.165) is 31.2 Å². The lowest BCUT2D eigenvalue weighted by molar-refractivity contribution is -0.125. The maximum Gasteiger partial charge on any atom is 0.220 e. The summed E-state index contributed by atoms with van der Waals surface area (Å²) in [5, 5.41) is 18.1. The fourth-order valence-corrected chi connectivity index (χ4v) is 2.61. The van der Waals surface area contributed by atoms with Gasteiger partial charge in [0.15, 0.2) is 0 Å². The quantitative estimate of drug-likeness (QED) is 0.662. The first-order chi connectivity index (χ1) is 10.1. The Kier molecular flexibility index (Phi) is 7.97. The molecule has 0 bridgehead atoms. The molecule has 1 aromatic carbocycles. The van der Waals surface area contributed by atoms with Gasteiger partial charge in [-0.2, -0.15) is 0 Å². The largest absolute Gasteiger partial charge is 0.396 e. The highest BCUT2D eigenvalue weighted by atomic mass is 16.3. The number of carbonyl (C=O) groups excluding carboxylic acids is 1. The summed E-state index contributed by atoms with van der Waals surface area (Å²) in [4.78, 5) is 10.8. The van der Waals surface area contributed by atoms with E-state index in [0.29, 0.717) is 0 Å². The van der Waals surface area contributed by atoms with E-state index in [4.69, 9.17) is 16.6 Å². The molecule has 1 saturated carbocycles. The van der Waals surface area contributed by atoms with Gasteiger partial charge in [0.1, 0.15) is 0 Å². The lowest BCUT2D eigenvalue weighted by Crippen LogP contribution is -2.34. The van der Waals surface area contributed by atoms with Crippen LogP contribution in [0.5, 0.6) is 0 Å². The van der Waals surface area contributed by atoms with Gasteiger partial charge >= 0.3 is 0 Å². The van der Waals surface area contributed by atoms with Gasteiger partial charge in [-0.15, -0.1) is 0 Å². The monoisotopic (exact) mass is 294 g/mol. The van der Waals surface area contributed by atoms with Gasteiger partial charge in [0.2, 0.25) is 5.91 Å². The summed E-state index contributed by atoms with van der Waals surface area (Å²) in [5.41, 5.74) is 11.3. The minimum absolute atomic E-state index is 0.0752. The predicted octanol–water partition coefficient (Wildman–Crippen LogP) is 0.949. The van der Waals surface area contributed by atoms with Crippen LogP contribution in [-0.2, 0) is 4.79 Å². The molecule has 1 amide bonds. The van der Waals surface area contributed by atoms with E-state index in [1.54, 1.807) is 0 Å². The van der Waals surface area contributed by atoms with Crippen LogP contribution in [0.15, 0.2) is 30.3 Å². The lowest BCUT2D eigenvalue weighted by Gasteiger charge is -2.27. The van der Waals surface area contributed by atoms with Crippen LogP contribution in [0.2, 0.25) is 0 Å². The minimum atomic E-state index is -0.513. The second-order valence-electron chi connectivity index (χ2n) is 5.40. The van der Waals surface area contributed by atoms with Crippen LogP contribution in [0.25, 0.3) is 0 Å². The van der Waals surface area contributed by atoms with Gasteiger partial charge in [0, 0.05) is 19.1 Å². The number of hydrogen-bond acceptors (Lipinski definition) is 4. The van der Waals surface area contributed by atoms with E-state index in [1.165, 1.54) is 0 Å². The number of nitrogens with two attached hydrogens (primary N) is 2. The number of aliphatic hydroxyl groups excluding tert-OH is 2. The number of rotatable bonds is 4. The highest BCUT2D eigenvalue weighted by Gasteiger charge is 2.28. The zero-order valence-corrected chi connectivity index (χ0v) is 12.3.